The molecule has 2 aromatic rings. The molecule has 1 aromatic heterocycles. The lowest BCUT2D eigenvalue weighted by atomic mass is 10.0. The van der Waals surface area contributed by atoms with Gasteiger partial charge in [0.05, 0.1) is 37.2 Å². The zero-order valence-electron chi connectivity index (χ0n) is 18.0. The number of amides is 1. The minimum Gasteiger partial charge on any atom is -0.496 e. The van der Waals surface area contributed by atoms with E-state index in [1.165, 1.54) is 0 Å². The predicted molar refractivity (Wildman–Crippen MR) is 117 cm³/mol. The van der Waals surface area contributed by atoms with Crippen molar-refractivity contribution in [1.82, 2.24) is 14.7 Å². The van der Waals surface area contributed by atoms with Crippen molar-refractivity contribution in [2.75, 3.05) is 20.8 Å². The molecule has 1 aromatic carbocycles. The molecule has 166 valence electrons. The van der Waals surface area contributed by atoms with Crippen molar-refractivity contribution in [2.24, 2.45) is 12.2 Å². The normalized spacial score (nSPS) is 21.3. The Hall–Kier alpha value is -2.74. The third-order valence-electron chi connectivity index (χ3n) is 5.87. The van der Waals surface area contributed by atoms with Crippen LogP contribution in [0.5, 0.6) is 11.5 Å². The highest BCUT2D eigenvalue weighted by Crippen LogP contribution is 2.36. The van der Waals surface area contributed by atoms with Gasteiger partial charge in [0.1, 0.15) is 11.5 Å². The molecule has 0 unspecified atom stereocenters. The number of rotatable bonds is 5. The summed E-state index contributed by atoms with van der Waals surface area (Å²) in [6.45, 7) is 0.700. The van der Waals surface area contributed by atoms with E-state index in [4.69, 9.17) is 25.9 Å². The molecule has 0 saturated carbocycles. The number of hydrogen-bond donors (Lipinski definition) is 0. The van der Waals surface area contributed by atoms with Crippen molar-refractivity contribution in [3.05, 3.63) is 40.7 Å². The van der Waals surface area contributed by atoms with Gasteiger partial charge in [0.2, 0.25) is 6.10 Å². The SMILES string of the molecule is COc1cc(OC)c(C2=NO[C@H](C(=O)N3CCCCC[C@H]3c3cnn(C)c3)C2)cc1Cl. The fraction of sp³-hybridized carbons (Fsp3) is 0.500. The monoisotopic (exact) mass is 446 g/mol. The van der Waals surface area contributed by atoms with Crippen LogP contribution in [0.4, 0.5) is 0 Å². The van der Waals surface area contributed by atoms with E-state index in [1.54, 1.807) is 31.0 Å². The molecule has 9 heteroatoms. The number of ether oxygens (including phenoxy) is 2. The number of oxime groups is 1. The minimum atomic E-state index is -0.669. The maximum atomic E-state index is 13.5. The molecule has 8 nitrogen and oxygen atoms in total. The topological polar surface area (TPSA) is 78.2 Å². The number of carbonyl (C=O) groups excluding carboxylic acids is 1. The molecule has 4 rings (SSSR count). The molecule has 1 amide bonds. The predicted octanol–water partition coefficient (Wildman–Crippen LogP) is 3.73. The number of carbonyl (C=O) groups is 1. The first-order valence-electron chi connectivity index (χ1n) is 10.5. The maximum Gasteiger partial charge on any atom is 0.267 e. The van der Waals surface area contributed by atoms with Gasteiger partial charge in [0.25, 0.3) is 5.91 Å². The second-order valence-corrected chi connectivity index (χ2v) is 8.27. The standard InChI is InChI=1S/C22H27ClN4O4/c1-26-13-14(12-24-26)18-7-5-4-6-8-27(18)22(28)21-10-17(25-31-21)15-9-16(23)20(30-3)11-19(15)29-2/h9,11-13,18,21H,4-8,10H2,1-3H3/t18-,21-/m0/s1. The fourth-order valence-corrected chi connectivity index (χ4v) is 4.51. The number of aromatic nitrogens is 2. The van der Waals surface area contributed by atoms with Gasteiger partial charge in [-0.1, -0.05) is 29.6 Å². The van der Waals surface area contributed by atoms with E-state index in [0.29, 0.717) is 40.8 Å². The lowest BCUT2D eigenvalue weighted by Gasteiger charge is -2.30. The molecule has 0 radical (unpaired) electrons. The lowest BCUT2D eigenvalue weighted by Crippen LogP contribution is -2.41. The van der Waals surface area contributed by atoms with Gasteiger partial charge in [0.15, 0.2) is 0 Å². The van der Waals surface area contributed by atoms with Crippen molar-refractivity contribution in [3.8, 4) is 11.5 Å². The summed E-state index contributed by atoms with van der Waals surface area (Å²) < 4.78 is 12.5. The van der Waals surface area contributed by atoms with E-state index in [-0.39, 0.29) is 11.9 Å². The number of methoxy groups -OCH3 is 2. The van der Waals surface area contributed by atoms with Crippen LogP contribution in [0.2, 0.25) is 5.02 Å². The minimum absolute atomic E-state index is 0.00122. The average Bonchev–Trinajstić information content (AvgIpc) is 3.36. The molecule has 0 bridgehead atoms. The van der Waals surface area contributed by atoms with Gasteiger partial charge in [-0.05, 0) is 18.9 Å². The first-order chi connectivity index (χ1) is 15.0. The van der Waals surface area contributed by atoms with Gasteiger partial charge in [0, 0.05) is 43.4 Å². The number of likely N-dealkylation sites (tertiary alicyclic amines) is 1. The highest BCUT2D eigenvalue weighted by Gasteiger charge is 2.37. The largest absolute Gasteiger partial charge is 0.496 e. The van der Waals surface area contributed by atoms with Crippen LogP contribution in [-0.2, 0) is 16.7 Å². The Bertz CT molecular complexity index is 990. The zero-order valence-corrected chi connectivity index (χ0v) is 18.8. The molecule has 31 heavy (non-hydrogen) atoms. The summed E-state index contributed by atoms with van der Waals surface area (Å²) in [5.41, 5.74) is 2.39. The average molecular weight is 447 g/mol. The molecule has 0 aliphatic carbocycles. The van der Waals surface area contributed by atoms with Crippen LogP contribution in [-0.4, -0.2) is 53.2 Å². The molecular weight excluding hydrogens is 420 g/mol. The third-order valence-corrected chi connectivity index (χ3v) is 6.17. The van der Waals surface area contributed by atoms with Crippen LogP contribution < -0.4 is 9.47 Å². The zero-order chi connectivity index (χ0) is 22.0. The molecule has 3 heterocycles. The highest BCUT2D eigenvalue weighted by atomic mass is 35.5. The highest BCUT2D eigenvalue weighted by molar-refractivity contribution is 6.32. The van der Waals surface area contributed by atoms with Gasteiger partial charge in [-0.3, -0.25) is 9.48 Å². The van der Waals surface area contributed by atoms with Crippen LogP contribution in [0.3, 0.4) is 0 Å². The molecule has 2 aliphatic heterocycles. The molecule has 0 spiro atoms. The Balaban J connectivity index is 1.54. The summed E-state index contributed by atoms with van der Waals surface area (Å²) in [6.07, 6.45) is 7.60. The van der Waals surface area contributed by atoms with Crippen molar-refractivity contribution in [3.63, 3.8) is 0 Å². The number of aryl methyl sites for hydroxylation is 1. The van der Waals surface area contributed by atoms with E-state index in [2.05, 4.69) is 10.3 Å². The lowest BCUT2D eigenvalue weighted by molar-refractivity contribution is -0.144. The number of benzene rings is 1. The van der Waals surface area contributed by atoms with Gasteiger partial charge in [-0.2, -0.15) is 5.10 Å². The van der Waals surface area contributed by atoms with Gasteiger partial charge in [-0.25, -0.2) is 0 Å². The summed E-state index contributed by atoms with van der Waals surface area (Å²) in [5.74, 6) is 1.03. The van der Waals surface area contributed by atoms with Crippen LogP contribution in [0.15, 0.2) is 29.7 Å². The summed E-state index contributed by atoms with van der Waals surface area (Å²) in [6, 6.07) is 3.45. The Kier molecular flexibility index (Phi) is 6.36. The van der Waals surface area contributed by atoms with Gasteiger partial charge < -0.3 is 19.2 Å². The van der Waals surface area contributed by atoms with Crippen LogP contribution >= 0.6 is 11.6 Å². The molecule has 1 saturated heterocycles. The van der Waals surface area contributed by atoms with Crippen molar-refractivity contribution < 1.29 is 19.1 Å². The molecule has 1 fully saturated rings. The quantitative estimate of drug-likeness (QED) is 0.699. The second-order valence-electron chi connectivity index (χ2n) is 7.87. The van der Waals surface area contributed by atoms with E-state index >= 15 is 0 Å². The Morgan fingerprint density at radius 3 is 2.71 bits per heavy atom. The maximum absolute atomic E-state index is 13.5. The molecule has 0 N–H and O–H groups in total. The van der Waals surface area contributed by atoms with E-state index < -0.39 is 6.10 Å². The summed E-state index contributed by atoms with van der Waals surface area (Å²) in [4.78, 5) is 21.0. The number of hydrogen-bond acceptors (Lipinski definition) is 6. The fourth-order valence-electron chi connectivity index (χ4n) is 4.27. The van der Waals surface area contributed by atoms with Crippen LogP contribution in [0.25, 0.3) is 0 Å². The van der Waals surface area contributed by atoms with Gasteiger partial charge >= 0.3 is 0 Å². The van der Waals surface area contributed by atoms with Crippen LogP contribution in [0.1, 0.15) is 49.3 Å². The summed E-state index contributed by atoms with van der Waals surface area (Å²) in [5, 5.41) is 8.95. The summed E-state index contributed by atoms with van der Waals surface area (Å²) >= 11 is 6.31. The van der Waals surface area contributed by atoms with E-state index in [0.717, 1.165) is 31.2 Å². The number of nitrogens with zero attached hydrogens (tertiary/aromatic N) is 4. The Labute approximate surface area is 186 Å². The van der Waals surface area contributed by atoms with E-state index in [1.807, 2.05) is 24.3 Å². The Morgan fingerprint density at radius 2 is 2.00 bits per heavy atom. The molecule has 2 aliphatic rings. The Morgan fingerprint density at radius 1 is 1.19 bits per heavy atom. The van der Waals surface area contributed by atoms with Crippen molar-refractivity contribution in [2.45, 2.75) is 44.2 Å². The van der Waals surface area contributed by atoms with Gasteiger partial charge in [-0.15, -0.1) is 0 Å². The van der Waals surface area contributed by atoms with Crippen LogP contribution in [0, 0.1) is 0 Å². The smallest absolute Gasteiger partial charge is 0.267 e. The summed E-state index contributed by atoms with van der Waals surface area (Å²) in [7, 11) is 5.01. The second kappa shape index (κ2) is 9.18. The third kappa shape index (κ3) is 4.35. The molecule has 2 atom stereocenters. The first-order valence-corrected chi connectivity index (χ1v) is 10.8. The first kappa shape index (κ1) is 21.5. The van der Waals surface area contributed by atoms with E-state index in [9.17, 15) is 4.79 Å². The number of halogens is 1. The van der Waals surface area contributed by atoms with Crippen molar-refractivity contribution >= 4 is 23.2 Å². The van der Waals surface area contributed by atoms with Crippen molar-refractivity contribution in [1.29, 1.82) is 0 Å². The molecular formula is C22H27ClN4O4.